The van der Waals surface area contributed by atoms with Crippen molar-refractivity contribution in [3.05, 3.63) is 24.3 Å². The summed E-state index contributed by atoms with van der Waals surface area (Å²) in [5, 5.41) is 23.2. The number of carbonyl (C=O) groups is 1. The number of hydrogen-bond acceptors (Lipinski definition) is 3. The average molecular weight is 1010 g/mol. The first-order valence-electron chi connectivity index (χ1n) is 33.6. The summed E-state index contributed by atoms with van der Waals surface area (Å²) < 4.78 is 0. The first kappa shape index (κ1) is 70.9. The Morgan fingerprint density at radius 3 is 0.764 bits per heavy atom. The summed E-state index contributed by atoms with van der Waals surface area (Å²) in [7, 11) is 0. The highest BCUT2D eigenvalue weighted by atomic mass is 16.3. The van der Waals surface area contributed by atoms with Gasteiger partial charge < -0.3 is 15.5 Å². The van der Waals surface area contributed by atoms with Crippen molar-refractivity contribution in [2.75, 3.05) is 6.61 Å². The van der Waals surface area contributed by atoms with Crippen molar-refractivity contribution in [3.8, 4) is 0 Å². The quantitative estimate of drug-likeness (QED) is 0.0420. The maximum Gasteiger partial charge on any atom is 0.220 e. The number of carbonyl (C=O) groups excluding carboxylic acids is 1. The molecule has 72 heavy (non-hydrogen) atoms. The SMILES string of the molecule is CCCCCCCCCCCCCCCCCCCC/C=C\CCCCCCCCCCCCCCCCCCCC(=O)NC(CO)C(O)/C=C/CCCCCCCCCCCCCCCCCCCCC. The Kier molecular flexibility index (Phi) is 63.2. The van der Waals surface area contributed by atoms with E-state index in [0.717, 1.165) is 25.7 Å². The minimum atomic E-state index is -0.838. The summed E-state index contributed by atoms with van der Waals surface area (Å²) in [6.45, 7) is 4.36. The third-order valence-electron chi connectivity index (χ3n) is 15.9. The molecule has 2 atom stereocenters. The molecule has 0 aromatic carbocycles. The van der Waals surface area contributed by atoms with Crippen molar-refractivity contribution in [2.45, 2.75) is 398 Å². The van der Waals surface area contributed by atoms with Crippen molar-refractivity contribution in [2.24, 2.45) is 0 Å². The minimum absolute atomic E-state index is 0.0560. The van der Waals surface area contributed by atoms with E-state index in [-0.39, 0.29) is 12.5 Å². The standard InChI is InChI=1S/C68H133NO3/c1-3-5-7-9-11-13-15-17-19-21-23-25-26-27-28-29-30-31-32-33-34-35-36-37-38-39-40-41-42-44-46-48-50-52-54-56-58-60-62-64-68(72)69-66(65-70)67(71)63-61-59-57-55-53-51-49-47-45-43-24-22-20-18-16-14-12-10-8-6-4-2/h33-34,61,63,66-67,70-71H,3-32,35-60,62,64-65H2,1-2H3,(H,69,72)/b34-33-,63-61+. The molecule has 3 N–H and O–H groups in total. The Morgan fingerprint density at radius 2 is 0.528 bits per heavy atom. The van der Waals surface area contributed by atoms with E-state index in [2.05, 4.69) is 31.3 Å². The molecule has 0 aromatic heterocycles. The second-order valence-corrected chi connectivity index (χ2v) is 23.2. The first-order chi connectivity index (χ1) is 35.7. The highest BCUT2D eigenvalue weighted by molar-refractivity contribution is 5.76. The summed E-state index contributed by atoms with van der Waals surface area (Å²) >= 11 is 0. The van der Waals surface area contributed by atoms with E-state index in [9.17, 15) is 15.0 Å². The van der Waals surface area contributed by atoms with Gasteiger partial charge in [0.25, 0.3) is 0 Å². The maximum atomic E-state index is 12.5. The molecule has 2 unspecified atom stereocenters. The highest BCUT2D eigenvalue weighted by Crippen LogP contribution is 2.19. The molecule has 0 saturated carbocycles. The average Bonchev–Trinajstić information content (AvgIpc) is 3.39. The van der Waals surface area contributed by atoms with Crippen LogP contribution in [0.4, 0.5) is 0 Å². The van der Waals surface area contributed by atoms with Gasteiger partial charge >= 0.3 is 0 Å². The fraction of sp³-hybridized carbons (Fsp3) is 0.926. The summed E-state index contributed by atoms with van der Waals surface area (Å²) in [5.74, 6) is -0.0560. The van der Waals surface area contributed by atoms with E-state index in [4.69, 9.17) is 0 Å². The van der Waals surface area contributed by atoms with Crippen LogP contribution in [-0.4, -0.2) is 34.9 Å². The maximum absolute atomic E-state index is 12.5. The van der Waals surface area contributed by atoms with E-state index < -0.39 is 12.1 Å². The fourth-order valence-electron chi connectivity index (χ4n) is 10.8. The summed E-state index contributed by atoms with van der Waals surface area (Å²) in [6.07, 6.45) is 86.9. The number of aliphatic hydroxyl groups excluding tert-OH is 2. The van der Waals surface area contributed by atoms with Gasteiger partial charge in [0.1, 0.15) is 0 Å². The molecule has 428 valence electrons. The second-order valence-electron chi connectivity index (χ2n) is 23.2. The molecule has 0 aromatic rings. The van der Waals surface area contributed by atoms with Gasteiger partial charge in [-0.15, -0.1) is 0 Å². The molecule has 1 amide bonds. The van der Waals surface area contributed by atoms with Crippen LogP contribution >= 0.6 is 0 Å². The van der Waals surface area contributed by atoms with Gasteiger partial charge in [0.2, 0.25) is 5.91 Å². The third kappa shape index (κ3) is 59.7. The molecule has 0 heterocycles. The molecule has 0 aliphatic carbocycles. The zero-order chi connectivity index (χ0) is 52.0. The van der Waals surface area contributed by atoms with Crippen LogP contribution in [0.15, 0.2) is 24.3 Å². The number of amides is 1. The van der Waals surface area contributed by atoms with Crippen molar-refractivity contribution in [3.63, 3.8) is 0 Å². The Hall–Kier alpha value is -1.13. The van der Waals surface area contributed by atoms with Crippen LogP contribution in [0.1, 0.15) is 386 Å². The van der Waals surface area contributed by atoms with Crippen molar-refractivity contribution in [1.29, 1.82) is 0 Å². The summed E-state index contributed by atoms with van der Waals surface area (Å²) in [5.41, 5.74) is 0. The fourth-order valence-corrected chi connectivity index (χ4v) is 10.8. The predicted molar refractivity (Wildman–Crippen MR) is 322 cm³/mol. The second kappa shape index (κ2) is 64.2. The molecule has 0 aliphatic heterocycles. The van der Waals surface area contributed by atoms with Gasteiger partial charge in [-0.2, -0.15) is 0 Å². The molecule has 0 fully saturated rings. The number of rotatable bonds is 63. The van der Waals surface area contributed by atoms with Crippen LogP contribution in [0.5, 0.6) is 0 Å². The Balaban J connectivity index is 3.39. The lowest BCUT2D eigenvalue weighted by Gasteiger charge is -2.20. The van der Waals surface area contributed by atoms with Gasteiger partial charge in [-0.1, -0.05) is 359 Å². The molecule has 4 heteroatoms. The monoisotopic (exact) mass is 1010 g/mol. The molecule has 0 spiro atoms. The lowest BCUT2D eigenvalue weighted by molar-refractivity contribution is -0.123. The lowest BCUT2D eigenvalue weighted by atomic mass is 10.0. The van der Waals surface area contributed by atoms with Crippen LogP contribution in [0, 0.1) is 0 Å². The minimum Gasteiger partial charge on any atom is -0.394 e. The molecule has 4 nitrogen and oxygen atoms in total. The van der Waals surface area contributed by atoms with Gasteiger partial charge in [0, 0.05) is 6.42 Å². The van der Waals surface area contributed by atoms with Gasteiger partial charge in [0.15, 0.2) is 0 Å². The van der Waals surface area contributed by atoms with Gasteiger partial charge in [-0.05, 0) is 44.9 Å². The normalized spacial score (nSPS) is 12.8. The topological polar surface area (TPSA) is 69.6 Å². The third-order valence-corrected chi connectivity index (χ3v) is 15.9. The molecule has 0 saturated heterocycles. The van der Waals surface area contributed by atoms with Crippen molar-refractivity contribution in [1.82, 2.24) is 5.32 Å². The van der Waals surface area contributed by atoms with Gasteiger partial charge in [0.05, 0.1) is 18.8 Å². The van der Waals surface area contributed by atoms with E-state index in [1.165, 1.54) is 340 Å². The summed E-state index contributed by atoms with van der Waals surface area (Å²) in [6, 6.07) is -0.621. The van der Waals surface area contributed by atoms with Crippen LogP contribution in [0.25, 0.3) is 0 Å². The smallest absolute Gasteiger partial charge is 0.220 e. The molecule has 0 radical (unpaired) electrons. The summed E-state index contributed by atoms with van der Waals surface area (Å²) in [4.78, 5) is 12.5. The van der Waals surface area contributed by atoms with Crippen LogP contribution in [-0.2, 0) is 4.79 Å². The van der Waals surface area contributed by atoms with E-state index in [1.807, 2.05) is 6.08 Å². The Bertz CT molecular complexity index is 1060. The largest absolute Gasteiger partial charge is 0.394 e. The predicted octanol–water partition coefficient (Wildman–Crippen LogP) is 22.6. The van der Waals surface area contributed by atoms with Crippen molar-refractivity contribution < 1.29 is 15.0 Å². The molecule has 0 bridgehead atoms. The van der Waals surface area contributed by atoms with E-state index >= 15 is 0 Å². The molecule has 0 aliphatic rings. The number of hydrogen-bond donors (Lipinski definition) is 3. The molecular formula is C68H133NO3. The van der Waals surface area contributed by atoms with Crippen LogP contribution in [0.2, 0.25) is 0 Å². The number of allylic oxidation sites excluding steroid dienone is 3. The lowest BCUT2D eigenvalue weighted by Crippen LogP contribution is -2.45. The van der Waals surface area contributed by atoms with Gasteiger partial charge in [-0.3, -0.25) is 4.79 Å². The Labute approximate surface area is 453 Å². The van der Waals surface area contributed by atoms with Crippen molar-refractivity contribution >= 4 is 5.91 Å². The zero-order valence-electron chi connectivity index (χ0n) is 49.5. The molecular weight excluding hydrogens is 879 g/mol. The highest BCUT2D eigenvalue weighted by Gasteiger charge is 2.18. The van der Waals surface area contributed by atoms with Gasteiger partial charge in [-0.25, -0.2) is 0 Å². The number of nitrogens with one attached hydrogen (secondary N) is 1. The first-order valence-corrected chi connectivity index (χ1v) is 33.6. The number of unbranched alkanes of at least 4 members (excludes halogenated alkanes) is 54. The number of aliphatic hydroxyl groups is 2. The van der Waals surface area contributed by atoms with Crippen LogP contribution in [0.3, 0.4) is 0 Å². The van der Waals surface area contributed by atoms with E-state index in [0.29, 0.717) is 6.42 Å². The molecule has 0 rings (SSSR count). The Morgan fingerprint density at radius 1 is 0.319 bits per heavy atom. The van der Waals surface area contributed by atoms with Crippen LogP contribution < -0.4 is 5.32 Å². The zero-order valence-corrected chi connectivity index (χ0v) is 49.5. The van der Waals surface area contributed by atoms with E-state index in [1.54, 1.807) is 6.08 Å².